The molecule has 2 rings (SSSR count). The van der Waals surface area contributed by atoms with Gasteiger partial charge in [-0.2, -0.15) is 0 Å². The maximum Gasteiger partial charge on any atom is 0.272 e. The van der Waals surface area contributed by atoms with Crippen molar-refractivity contribution in [2.75, 3.05) is 11.9 Å². The van der Waals surface area contributed by atoms with Gasteiger partial charge in [0.05, 0.1) is 17.2 Å². The molecule has 0 unspecified atom stereocenters. The first-order valence-electron chi connectivity index (χ1n) is 8.17. The van der Waals surface area contributed by atoms with Gasteiger partial charge in [-0.15, -0.1) is 0 Å². The quantitative estimate of drug-likeness (QED) is 0.443. The summed E-state index contributed by atoms with van der Waals surface area (Å²) in [6.45, 7) is 3.52. The summed E-state index contributed by atoms with van der Waals surface area (Å²) in [4.78, 5) is 34.5. The fourth-order valence-electron chi connectivity index (χ4n) is 2.28. The van der Waals surface area contributed by atoms with Crippen LogP contribution < -0.4 is 15.4 Å². The molecule has 0 aliphatic rings. The summed E-state index contributed by atoms with van der Waals surface area (Å²) in [5.74, 6) is -0.533. The number of hydrogen-bond acceptors (Lipinski definition) is 5. The fourth-order valence-corrected chi connectivity index (χ4v) is 2.28. The van der Waals surface area contributed by atoms with E-state index in [1.54, 1.807) is 30.3 Å². The number of anilines is 1. The Hall–Kier alpha value is -3.68. The number of carbonyl (C=O) groups excluding carboxylic acids is 2. The highest BCUT2D eigenvalue weighted by atomic mass is 16.6. The number of carbonyl (C=O) groups is 2. The molecule has 0 spiro atoms. The molecule has 0 aliphatic carbocycles. The number of nitro benzene ring substituents is 1. The minimum absolute atomic E-state index is 0.0469. The molecule has 0 radical (unpaired) electrons. The molecule has 0 aliphatic heterocycles. The van der Waals surface area contributed by atoms with Gasteiger partial charge >= 0.3 is 0 Å². The Labute approximate surface area is 156 Å². The minimum Gasteiger partial charge on any atom is -0.492 e. The third-order valence-electron chi connectivity index (χ3n) is 3.38. The van der Waals surface area contributed by atoms with Crippen molar-refractivity contribution in [2.45, 2.75) is 13.8 Å². The predicted octanol–water partition coefficient (Wildman–Crippen LogP) is 3.11. The smallest absolute Gasteiger partial charge is 0.272 e. The Morgan fingerprint density at radius 1 is 1.19 bits per heavy atom. The second kappa shape index (κ2) is 9.14. The first-order valence-corrected chi connectivity index (χ1v) is 8.17. The molecule has 2 aromatic carbocycles. The van der Waals surface area contributed by atoms with Crippen LogP contribution in [-0.2, 0) is 9.59 Å². The van der Waals surface area contributed by atoms with E-state index in [2.05, 4.69) is 10.6 Å². The maximum absolute atomic E-state index is 12.6. The number of nitrogens with zero attached hydrogens (tertiary/aromatic N) is 1. The van der Waals surface area contributed by atoms with E-state index in [9.17, 15) is 19.7 Å². The zero-order valence-electron chi connectivity index (χ0n) is 14.9. The van der Waals surface area contributed by atoms with Crippen molar-refractivity contribution in [3.8, 4) is 5.75 Å². The number of benzene rings is 2. The monoisotopic (exact) mass is 369 g/mol. The number of rotatable bonds is 7. The van der Waals surface area contributed by atoms with Crippen molar-refractivity contribution in [1.29, 1.82) is 0 Å². The van der Waals surface area contributed by atoms with Gasteiger partial charge in [0, 0.05) is 19.1 Å². The first-order chi connectivity index (χ1) is 12.9. The summed E-state index contributed by atoms with van der Waals surface area (Å²) in [7, 11) is 0. The Bertz CT molecular complexity index is 892. The Kier molecular flexibility index (Phi) is 6.65. The van der Waals surface area contributed by atoms with Gasteiger partial charge in [0.2, 0.25) is 5.91 Å². The number of non-ortho nitro benzene ring substituents is 1. The second-order valence-corrected chi connectivity index (χ2v) is 5.47. The van der Waals surface area contributed by atoms with Gasteiger partial charge in [0.1, 0.15) is 11.4 Å². The van der Waals surface area contributed by atoms with Crippen LogP contribution in [0.4, 0.5) is 11.4 Å². The zero-order valence-corrected chi connectivity index (χ0v) is 14.9. The lowest BCUT2D eigenvalue weighted by atomic mass is 10.1. The normalized spacial score (nSPS) is 10.8. The molecule has 27 heavy (non-hydrogen) atoms. The van der Waals surface area contributed by atoms with Crippen molar-refractivity contribution in [3.05, 3.63) is 69.9 Å². The number of hydrogen-bond donors (Lipinski definition) is 2. The molecule has 0 heterocycles. The summed E-state index contributed by atoms with van der Waals surface area (Å²) in [5.41, 5.74) is 0.683. The van der Waals surface area contributed by atoms with Gasteiger partial charge in [0.25, 0.3) is 11.6 Å². The highest BCUT2D eigenvalue weighted by Gasteiger charge is 2.15. The number of nitro groups is 1. The van der Waals surface area contributed by atoms with Gasteiger partial charge in [-0.1, -0.05) is 24.3 Å². The van der Waals surface area contributed by atoms with Gasteiger partial charge in [-0.25, -0.2) is 0 Å². The molecule has 140 valence electrons. The second-order valence-electron chi connectivity index (χ2n) is 5.47. The van der Waals surface area contributed by atoms with Crippen LogP contribution in [0.3, 0.4) is 0 Å². The van der Waals surface area contributed by atoms with E-state index < -0.39 is 16.7 Å². The van der Waals surface area contributed by atoms with Crippen LogP contribution in [0.1, 0.15) is 19.4 Å². The highest BCUT2D eigenvalue weighted by molar-refractivity contribution is 6.09. The zero-order chi connectivity index (χ0) is 19.8. The van der Waals surface area contributed by atoms with Crippen LogP contribution >= 0.6 is 0 Å². The average Bonchev–Trinajstić information content (AvgIpc) is 2.63. The van der Waals surface area contributed by atoms with E-state index in [0.717, 1.165) is 0 Å². The minimum atomic E-state index is -0.580. The number of nitrogens with one attached hydrogen (secondary N) is 2. The van der Waals surface area contributed by atoms with Crippen LogP contribution in [0.25, 0.3) is 6.08 Å². The summed E-state index contributed by atoms with van der Waals surface area (Å²) in [6.07, 6.45) is 1.37. The molecular formula is C19H19N3O5. The largest absolute Gasteiger partial charge is 0.492 e. The Morgan fingerprint density at radius 2 is 1.93 bits per heavy atom. The van der Waals surface area contributed by atoms with Gasteiger partial charge in [-0.3, -0.25) is 19.7 Å². The van der Waals surface area contributed by atoms with E-state index in [1.807, 2.05) is 6.92 Å². The molecule has 2 amide bonds. The van der Waals surface area contributed by atoms with Crippen molar-refractivity contribution in [3.63, 3.8) is 0 Å². The van der Waals surface area contributed by atoms with Crippen molar-refractivity contribution < 1.29 is 19.2 Å². The molecule has 8 heteroatoms. The van der Waals surface area contributed by atoms with Gasteiger partial charge < -0.3 is 15.4 Å². The summed E-state index contributed by atoms with van der Waals surface area (Å²) in [5, 5.41) is 16.0. The predicted molar refractivity (Wildman–Crippen MR) is 101 cm³/mol. The molecule has 0 aromatic heterocycles. The molecule has 8 nitrogen and oxygen atoms in total. The summed E-state index contributed by atoms with van der Waals surface area (Å²) < 4.78 is 5.46. The van der Waals surface area contributed by atoms with Gasteiger partial charge in [0.15, 0.2) is 0 Å². The summed E-state index contributed by atoms with van der Waals surface area (Å²) in [6, 6.07) is 12.6. The van der Waals surface area contributed by atoms with E-state index in [1.165, 1.54) is 31.2 Å². The standard InChI is InChI=1S/C19H19N3O5/c1-3-27-18-10-5-4-9-16(18)21-19(24)17(20-13(2)23)12-14-7-6-8-15(11-14)22(25)26/h4-12H,3H2,1-2H3,(H,20,23)(H,21,24)/b17-12-. The van der Waals surface area contributed by atoms with Crippen molar-refractivity contribution >= 4 is 29.3 Å². The molecule has 2 aromatic rings. The van der Waals surface area contributed by atoms with Crippen LogP contribution in [0.5, 0.6) is 5.75 Å². The molecule has 0 saturated heterocycles. The van der Waals surface area contributed by atoms with Crippen LogP contribution in [0, 0.1) is 10.1 Å². The first kappa shape index (κ1) is 19.6. The van der Waals surface area contributed by atoms with Crippen molar-refractivity contribution in [1.82, 2.24) is 5.32 Å². The van der Waals surface area contributed by atoms with Crippen molar-refractivity contribution in [2.24, 2.45) is 0 Å². The Morgan fingerprint density at radius 3 is 2.59 bits per heavy atom. The Balaban J connectivity index is 2.33. The number of amides is 2. The molecular weight excluding hydrogens is 350 g/mol. The van der Waals surface area contributed by atoms with E-state index in [-0.39, 0.29) is 11.4 Å². The van der Waals surface area contributed by atoms with Gasteiger partial charge in [-0.05, 0) is 30.7 Å². The lowest BCUT2D eigenvalue weighted by Crippen LogP contribution is -2.29. The van der Waals surface area contributed by atoms with E-state index in [0.29, 0.717) is 23.6 Å². The summed E-state index contributed by atoms with van der Waals surface area (Å²) >= 11 is 0. The van der Waals surface area contributed by atoms with Crippen LogP contribution in [0.2, 0.25) is 0 Å². The SMILES string of the molecule is CCOc1ccccc1NC(=O)/C(=C/c1cccc([N+](=O)[O-])c1)NC(C)=O. The molecule has 0 atom stereocenters. The number of para-hydroxylation sites is 2. The molecule has 0 saturated carbocycles. The lowest BCUT2D eigenvalue weighted by Gasteiger charge is -2.13. The van der Waals surface area contributed by atoms with Crippen LogP contribution in [0.15, 0.2) is 54.2 Å². The van der Waals surface area contributed by atoms with Crippen LogP contribution in [-0.4, -0.2) is 23.3 Å². The van der Waals surface area contributed by atoms with E-state index in [4.69, 9.17) is 4.74 Å². The topological polar surface area (TPSA) is 111 Å². The fraction of sp³-hybridized carbons (Fsp3) is 0.158. The third-order valence-corrected chi connectivity index (χ3v) is 3.38. The molecule has 0 bridgehead atoms. The lowest BCUT2D eigenvalue weighted by molar-refractivity contribution is -0.384. The number of ether oxygens (including phenoxy) is 1. The maximum atomic E-state index is 12.6. The molecule has 2 N–H and O–H groups in total. The third kappa shape index (κ3) is 5.67. The molecule has 0 fully saturated rings. The van der Waals surface area contributed by atoms with E-state index >= 15 is 0 Å². The average molecular weight is 369 g/mol. The highest BCUT2D eigenvalue weighted by Crippen LogP contribution is 2.24.